The van der Waals surface area contributed by atoms with E-state index in [-0.39, 0.29) is 64.5 Å². The van der Waals surface area contributed by atoms with Crippen molar-refractivity contribution in [2.45, 2.75) is 11.8 Å². The molecule has 0 fully saturated rings. The van der Waals surface area contributed by atoms with Crippen LogP contribution in [0.3, 0.4) is 0 Å². The van der Waals surface area contributed by atoms with Gasteiger partial charge in [-0.3, -0.25) is 4.55 Å². The summed E-state index contributed by atoms with van der Waals surface area (Å²) in [5.41, 5.74) is 0.956. The van der Waals surface area contributed by atoms with Gasteiger partial charge in [-0.15, -0.1) is 0 Å². The minimum Gasteiger partial charge on any atom is -1.00 e. The Morgan fingerprint density at radius 1 is 1.25 bits per heavy atom. The van der Waals surface area contributed by atoms with Gasteiger partial charge in [0.15, 0.2) is 0 Å². The fourth-order valence-electron chi connectivity index (χ4n) is 0.710. The summed E-state index contributed by atoms with van der Waals surface area (Å²) in [5, 5.41) is 0. The van der Waals surface area contributed by atoms with Crippen molar-refractivity contribution < 1.29 is 72.6 Å². The number of hydrogen-bond donors (Lipinski definition) is 1. The Morgan fingerprint density at radius 2 is 1.67 bits per heavy atom. The van der Waals surface area contributed by atoms with Crippen LogP contribution in [0.1, 0.15) is 6.99 Å². The molecular formula is C7H9O3RbS. The first kappa shape index (κ1) is 12.9. The van der Waals surface area contributed by atoms with Gasteiger partial charge >= 0.3 is 58.2 Å². The maximum absolute atomic E-state index is 10.5. The first-order valence-corrected chi connectivity index (χ1v) is 4.48. The van der Waals surface area contributed by atoms with E-state index in [4.69, 9.17) is 4.55 Å². The Hall–Kier alpha value is 0.935. The largest absolute Gasteiger partial charge is 1.00 e. The molecule has 0 spiro atoms. The Kier molecular flexibility index (Phi) is 5.36. The third-order valence-electron chi connectivity index (χ3n) is 1.32. The van der Waals surface area contributed by atoms with Gasteiger partial charge in [-0.25, -0.2) is 0 Å². The fraction of sp³-hybridized carbons (Fsp3) is 0.143. The van der Waals surface area contributed by atoms with Crippen molar-refractivity contribution in [1.29, 1.82) is 0 Å². The average molecular weight is 259 g/mol. The number of aryl methyl sites for hydroxylation is 1. The van der Waals surface area contributed by atoms with Crippen LogP contribution < -0.4 is 58.2 Å². The molecule has 3 nitrogen and oxygen atoms in total. The molecule has 1 rings (SSSR count). The summed E-state index contributed by atoms with van der Waals surface area (Å²) in [7, 11) is -4.02. The standard InChI is InChI=1S/C7H8O3S.Rb.H/c1-6-2-4-7(5-3-6)11(8,9)10;;/h2-5H,1H3,(H,8,9,10);;/q;+1;-1. The van der Waals surface area contributed by atoms with Crippen LogP contribution in [0.5, 0.6) is 0 Å². The zero-order valence-corrected chi connectivity index (χ0v) is 12.7. The van der Waals surface area contributed by atoms with Gasteiger partial charge in [-0.1, -0.05) is 17.7 Å². The SMILES string of the molecule is Cc1ccc(S(=O)(=O)O)cc1.[H-].[Rb+]. The molecule has 12 heavy (non-hydrogen) atoms. The zero-order valence-electron chi connectivity index (χ0n) is 7.98. The Labute approximate surface area is 122 Å². The summed E-state index contributed by atoms with van der Waals surface area (Å²) in [4.78, 5) is -0.0666. The van der Waals surface area contributed by atoms with E-state index in [2.05, 4.69) is 0 Å². The quantitative estimate of drug-likeness (QED) is 0.615. The van der Waals surface area contributed by atoms with Crippen molar-refractivity contribution in [3.05, 3.63) is 29.8 Å². The van der Waals surface area contributed by atoms with Gasteiger partial charge in [0, 0.05) is 0 Å². The van der Waals surface area contributed by atoms with E-state index >= 15 is 0 Å². The Balaban J connectivity index is 0. The van der Waals surface area contributed by atoms with Crippen LogP contribution in [0, 0.1) is 6.92 Å². The number of rotatable bonds is 1. The van der Waals surface area contributed by atoms with Gasteiger partial charge in [-0.2, -0.15) is 8.42 Å². The monoisotopic (exact) mass is 258 g/mol. The van der Waals surface area contributed by atoms with Crippen LogP contribution in [-0.2, 0) is 10.1 Å². The molecule has 0 saturated carbocycles. The minimum atomic E-state index is -4.02. The predicted molar refractivity (Wildman–Crippen MR) is 42.1 cm³/mol. The molecular weight excluding hydrogens is 250 g/mol. The van der Waals surface area contributed by atoms with Crippen LogP contribution in [0.15, 0.2) is 29.2 Å². The molecule has 0 bridgehead atoms. The van der Waals surface area contributed by atoms with Crippen molar-refractivity contribution in [1.82, 2.24) is 0 Å². The molecule has 62 valence electrons. The zero-order chi connectivity index (χ0) is 8.48. The summed E-state index contributed by atoms with van der Waals surface area (Å²) in [6, 6.07) is 5.99. The van der Waals surface area contributed by atoms with Crippen LogP contribution in [0.4, 0.5) is 0 Å². The Morgan fingerprint density at radius 3 is 2.00 bits per heavy atom. The molecule has 0 atom stereocenters. The topological polar surface area (TPSA) is 54.4 Å². The van der Waals surface area contributed by atoms with E-state index in [1.807, 2.05) is 6.92 Å². The fourth-order valence-corrected chi connectivity index (χ4v) is 1.19. The van der Waals surface area contributed by atoms with Crippen molar-refractivity contribution in [2.24, 2.45) is 0 Å². The van der Waals surface area contributed by atoms with E-state index in [1.54, 1.807) is 12.1 Å². The molecule has 5 heteroatoms. The predicted octanol–water partition coefficient (Wildman–Crippen LogP) is -1.64. The summed E-state index contributed by atoms with van der Waals surface area (Å²) in [6.45, 7) is 1.84. The van der Waals surface area contributed by atoms with Crippen LogP contribution >= 0.6 is 0 Å². The van der Waals surface area contributed by atoms with Gasteiger partial charge in [0.2, 0.25) is 0 Å². The van der Waals surface area contributed by atoms with Gasteiger partial charge < -0.3 is 1.43 Å². The molecule has 0 aliphatic carbocycles. The molecule has 0 aliphatic heterocycles. The summed E-state index contributed by atoms with van der Waals surface area (Å²) in [6.07, 6.45) is 0. The van der Waals surface area contributed by atoms with E-state index in [1.165, 1.54) is 12.1 Å². The minimum absolute atomic E-state index is 0. The van der Waals surface area contributed by atoms with Crippen molar-refractivity contribution >= 4 is 10.1 Å². The maximum atomic E-state index is 10.5. The first-order valence-electron chi connectivity index (χ1n) is 3.04. The molecule has 0 amide bonds. The molecule has 0 heterocycles. The van der Waals surface area contributed by atoms with Crippen molar-refractivity contribution in [3.8, 4) is 0 Å². The number of benzene rings is 1. The molecule has 0 aromatic heterocycles. The van der Waals surface area contributed by atoms with Gasteiger partial charge in [0.1, 0.15) is 0 Å². The maximum Gasteiger partial charge on any atom is 1.00 e. The first-order chi connectivity index (χ1) is 5.00. The third kappa shape index (κ3) is 3.76. The molecule has 1 N–H and O–H groups in total. The molecule has 0 aliphatic rings. The van der Waals surface area contributed by atoms with Gasteiger partial charge in [0.05, 0.1) is 4.90 Å². The van der Waals surface area contributed by atoms with E-state index in [0.29, 0.717) is 0 Å². The summed E-state index contributed by atoms with van der Waals surface area (Å²) in [5.74, 6) is 0. The molecule has 0 unspecified atom stereocenters. The normalized spacial score (nSPS) is 10.5. The van der Waals surface area contributed by atoms with Gasteiger partial charge in [0.25, 0.3) is 10.1 Å². The molecule has 0 radical (unpaired) electrons. The smallest absolute Gasteiger partial charge is 1.00 e. The van der Waals surface area contributed by atoms with Crippen LogP contribution in [0.25, 0.3) is 0 Å². The van der Waals surface area contributed by atoms with Crippen LogP contribution in [0.2, 0.25) is 0 Å². The summed E-state index contributed by atoms with van der Waals surface area (Å²) < 4.78 is 29.6. The third-order valence-corrected chi connectivity index (χ3v) is 2.19. The molecule has 1 aromatic carbocycles. The van der Waals surface area contributed by atoms with E-state index in [9.17, 15) is 8.42 Å². The van der Waals surface area contributed by atoms with E-state index < -0.39 is 10.1 Å². The Bertz CT molecular complexity index is 347. The van der Waals surface area contributed by atoms with Gasteiger partial charge in [-0.05, 0) is 19.1 Å². The second kappa shape index (κ2) is 4.98. The average Bonchev–Trinajstić information content (AvgIpc) is 1.86. The van der Waals surface area contributed by atoms with Crippen LogP contribution in [-0.4, -0.2) is 13.0 Å². The number of hydrogen-bond acceptors (Lipinski definition) is 2. The molecule has 1 aromatic rings. The molecule has 0 saturated heterocycles. The van der Waals surface area contributed by atoms with Crippen molar-refractivity contribution in [2.75, 3.05) is 0 Å². The second-order valence-corrected chi connectivity index (χ2v) is 3.71. The van der Waals surface area contributed by atoms with Crippen molar-refractivity contribution in [3.63, 3.8) is 0 Å². The summed E-state index contributed by atoms with van der Waals surface area (Å²) >= 11 is 0. The second-order valence-electron chi connectivity index (χ2n) is 2.29. The van der Waals surface area contributed by atoms with E-state index in [0.717, 1.165) is 5.56 Å².